The number of aromatic nitrogens is 1. The van der Waals surface area contributed by atoms with E-state index < -0.39 is 0 Å². The summed E-state index contributed by atoms with van der Waals surface area (Å²) in [6.07, 6.45) is 4.88. The second-order valence-corrected chi connectivity index (χ2v) is 6.07. The largest absolute Gasteiger partial charge is 0.497 e. The van der Waals surface area contributed by atoms with Crippen molar-refractivity contribution in [3.8, 4) is 17.2 Å². The van der Waals surface area contributed by atoms with Gasteiger partial charge in [-0.1, -0.05) is 12.1 Å². The van der Waals surface area contributed by atoms with Gasteiger partial charge >= 0.3 is 0 Å². The molecular weight excluding hydrogens is 368 g/mol. The van der Waals surface area contributed by atoms with Crippen LogP contribution >= 0.6 is 0 Å². The number of pyridine rings is 1. The minimum absolute atomic E-state index is 0.163. The Balaban J connectivity index is 1.80. The number of nitrogens with zero attached hydrogens (tertiary/aromatic N) is 1. The quantitative estimate of drug-likeness (QED) is 0.442. The van der Waals surface area contributed by atoms with Crippen molar-refractivity contribution in [1.82, 2.24) is 4.98 Å². The molecule has 0 aliphatic rings. The molecule has 3 rings (SSSR count). The Morgan fingerprint density at radius 1 is 0.931 bits per heavy atom. The Morgan fingerprint density at radius 2 is 1.69 bits per heavy atom. The molecule has 6 nitrogen and oxygen atoms in total. The summed E-state index contributed by atoms with van der Waals surface area (Å²) in [5.74, 6) is 2.31. The highest BCUT2D eigenvalue weighted by molar-refractivity contribution is 6.10. The molecule has 0 amide bonds. The van der Waals surface area contributed by atoms with E-state index in [2.05, 4.69) is 10.3 Å². The van der Waals surface area contributed by atoms with E-state index in [1.54, 1.807) is 51.8 Å². The van der Waals surface area contributed by atoms with Crippen molar-refractivity contribution < 1.29 is 19.0 Å². The first kappa shape index (κ1) is 19.9. The molecule has 3 aromatic rings. The fraction of sp³-hybridized carbons (Fsp3) is 0.130. The van der Waals surface area contributed by atoms with E-state index in [4.69, 9.17) is 14.2 Å². The van der Waals surface area contributed by atoms with E-state index >= 15 is 0 Å². The molecule has 1 N–H and O–H groups in total. The van der Waals surface area contributed by atoms with Crippen molar-refractivity contribution in [3.63, 3.8) is 0 Å². The van der Waals surface area contributed by atoms with E-state index in [0.29, 0.717) is 22.9 Å². The summed E-state index contributed by atoms with van der Waals surface area (Å²) in [6, 6.07) is 16.3. The summed E-state index contributed by atoms with van der Waals surface area (Å²) in [5, 5.41) is 3.18. The zero-order chi connectivity index (χ0) is 20.6. The monoisotopic (exact) mass is 390 g/mol. The van der Waals surface area contributed by atoms with Crippen LogP contribution < -0.4 is 19.5 Å². The average Bonchev–Trinajstić information content (AvgIpc) is 2.78. The van der Waals surface area contributed by atoms with Crippen molar-refractivity contribution in [2.45, 2.75) is 0 Å². The second kappa shape index (κ2) is 9.41. The summed E-state index contributed by atoms with van der Waals surface area (Å²) in [4.78, 5) is 17.1. The first-order valence-electron chi connectivity index (χ1n) is 8.95. The molecule has 0 aliphatic heterocycles. The average molecular weight is 390 g/mol. The maximum atomic E-state index is 12.8. The number of ketones is 1. The number of carbonyl (C=O) groups is 1. The molecule has 0 saturated carbocycles. The molecule has 29 heavy (non-hydrogen) atoms. The molecule has 148 valence electrons. The smallest absolute Gasteiger partial charge is 0.189 e. The third-order valence-electron chi connectivity index (χ3n) is 4.26. The standard InChI is InChI=1S/C23H22N2O4/c1-27-18-10-8-17(9-11-18)25-23-19(5-4-14-24-23)20(26)12-6-16-7-13-21(28-2)22(15-16)29-3/h4-15H,1-3H3,(H,24,25). The van der Waals surface area contributed by atoms with Crippen molar-refractivity contribution >= 4 is 23.4 Å². The molecule has 0 saturated heterocycles. The number of benzene rings is 2. The third-order valence-corrected chi connectivity index (χ3v) is 4.26. The van der Waals surface area contributed by atoms with Gasteiger partial charge in [0.1, 0.15) is 11.6 Å². The molecule has 0 fully saturated rings. The predicted octanol–water partition coefficient (Wildman–Crippen LogP) is 4.75. The second-order valence-electron chi connectivity index (χ2n) is 6.07. The van der Waals surface area contributed by atoms with E-state index in [0.717, 1.165) is 17.0 Å². The van der Waals surface area contributed by atoms with Gasteiger partial charge in [0.05, 0.1) is 26.9 Å². The van der Waals surface area contributed by atoms with Gasteiger partial charge < -0.3 is 19.5 Å². The van der Waals surface area contributed by atoms with E-state index in [-0.39, 0.29) is 5.78 Å². The lowest BCUT2D eigenvalue weighted by atomic mass is 10.1. The summed E-state index contributed by atoms with van der Waals surface area (Å²) in [7, 11) is 4.77. The van der Waals surface area contributed by atoms with Crippen LogP contribution in [0.3, 0.4) is 0 Å². The highest BCUT2D eigenvalue weighted by Gasteiger charge is 2.10. The zero-order valence-corrected chi connectivity index (χ0v) is 16.5. The lowest BCUT2D eigenvalue weighted by Crippen LogP contribution is -2.03. The van der Waals surface area contributed by atoms with Crippen LogP contribution in [0, 0.1) is 0 Å². The summed E-state index contributed by atoms with van der Waals surface area (Å²) in [6.45, 7) is 0. The van der Waals surface area contributed by atoms with Crippen LogP contribution in [-0.4, -0.2) is 32.1 Å². The lowest BCUT2D eigenvalue weighted by Gasteiger charge is -2.10. The van der Waals surface area contributed by atoms with Crippen LogP contribution in [0.2, 0.25) is 0 Å². The van der Waals surface area contributed by atoms with Gasteiger partial charge in [0.15, 0.2) is 17.3 Å². The molecule has 1 heterocycles. The first-order chi connectivity index (χ1) is 14.1. The van der Waals surface area contributed by atoms with E-state index in [1.165, 1.54) is 6.08 Å². The van der Waals surface area contributed by atoms with E-state index in [1.807, 2.05) is 36.4 Å². The lowest BCUT2D eigenvalue weighted by molar-refractivity contribution is 0.104. The molecule has 0 spiro atoms. The topological polar surface area (TPSA) is 69.7 Å². The first-order valence-corrected chi connectivity index (χ1v) is 8.95. The summed E-state index contributed by atoms with van der Waals surface area (Å²) < 4.78 is 15.7. The number of ether oxygens (including phenoxy) is 3. The van der Waals surface area contributed by atoms with E-state index in [9.17, 15) is 4.79 Å². The number of hydrogen-bond donors (Lipinski definition) is 1. The molecule has 0 bridgehead atoms. The minimum atomic E-state index is -0.163. The van der Waals surface area contributed by atoms with Gasteiger partial charge in [0.25, 0.3) is 0 Å². The van der Waals surface area contributed by atoms with Crippen molar-refractivity contribution in [3.05, 3.63) is 78.0 Å². The van der Waals surface area contributed by atoms with Crippen molar-refractivity contribution in [1.29, 1.82) is 0 Å². The van der Waals surface area contributed by atoms with Crippen LogP contribution in [0.25, 0.3) is 6.08 Å². The maximum absolute atomic E-state index is 12.8. The number of anilines is 2. The van der Waals surface area contributed by atoms with Gasteiger partial charge in [-0.3, -0.25) is 4.79 Å². The van der Waals surface area contributed by atoms with Gasteiger partial charge in [-0.2, -0.15) is 0 Å². The van der Waals surface area contributed by atoms with Crippen LogP contribution in [0.15, 0.2) is 66.9 Å². The molecule has 6 heteroatoms. The van der Waals surface area contributed by atoms with Crippen molar-refractivity contribution in [2.24, 2.45) is 0 Å². The van der Waals surface area contributed by atoms with Gasteiger partial charge in [-0.05, 0) is 60.2 Å². The van der Waals surface area contributed by atoms with Gasteiger partial charge in [0.2, 0.25) is 0 Å². The van der Waals surface area contributed by atoms with Gasteiger partial charge in [-0.25, -0.2) is 4.98 Å². The fourth-order valence-electron chi connectivity index (χ4n) is 2.73. The Morgan fingerprint density at radius 3 is 2.38 bits per heavy atom. The highest BCUT2D eigenvalue weighted by atomic mass is 16.5. The number of carbonyl (C=O) groups excluding carboxylic acids is 1. The minimum Gasteiger partial charge on any atom is -0.497 e. The molecule has 0 radical (unpaired) electrons. The predicted molar refractivity (Wildman–Crippen MR) is 113 cm³/mol. The van der Waals surface area contributed by atoms with Crippen molar-refractivity contribution in [2.75, 3.05) is 26.6 Å². The number of nitrogens with one attached hydrogen (secondary N) is 1. The Hall–Kier alpha value is -3.80. The number of methoxy groups -OCH3 is 3. The van der Waals surface area contributed by atoms with Crippen LogP contribution in [0.5, 0.6) is 17.2 Å². The molecule has 0 unspecified atom stereocenters. The molecule has 0 aliphatic carbocycles. The molecular formula is C23H22N2O4. The molecule has 0 atom stereocenters. The number of allylic oxidation sites excluding steroid dienone is 1. The zero-order valence-electron chi connectivity index (χ0n) is 16.5. The number of hydrogen-bond acceptors (Lipinski definition) is 6. The SMILES string of the molecule is COc1ccc(Nc2ncccc2C(=O)C=Cc2ccc(OC)c(OC)c2)cc1. The Kier molecular flexibility index (Phi) is 6.47. The summed E-state index contributed by atoms with van der Waals surface area (Å²) in [5.41, 5.74) is 2.10. The molecule has 1 aromatic heterocycles. The maximum Gasteiger partial charge on any atom is 0.189 e. The van der Waals surface area contributed by atoms with Gasteiger partial charge in [0, 0.05) is 11.9 Å². The fourth-order valence-corrected chi connectivity index (χ4v) is 2.73. The van der Waals surface area contributed by atoms with Crippen LogP contribution in [-0.2, 0) is 0 Å². The number of rotatable bonds is 8. The Labute approximate surface area is 169 Å². The summed E-state index contributed by atoms with van der Waals surface area (Å²) >= 11 is 0. The third kappa shape index (κ3) is 4.93. The Bertz CT molecular complexity index is 1010. The highest BCUT2D eigenvalue weighted by Crippen LogP contribution is 2.28. The van der Waals surface area contributed by atoms with Crippen LogP contribution in [0.1, 0.15) is 15.9 Å². The normalized spacial score (nSPS) is 10.6. The van der Waals surface area contributed by atoms with Crippen LogP contribution in [0.4, 0.5) is 11.5 Å². The molecule has 2 aromatic carbocycles. The van der Waals surface area contributed by atoms with Gasteiger partial charge in [-0.15, -0.1) is 0 Å².